The van der Waals surface area contributed by atoms with E-state index in [4.69, 9.17) is 0 Å². The third kappa shape index (κ3) is 8.72. The average molecular weight is 192 g/mol. The van der Waals surface area contributed by atoms with Gasteiger partial charge in [0.1, 0.15) is 5.76 Å². The molecule has 0 aromatic carbocycles. The second kappa shape index (κ2) is 4.74. The molecule has 0 saturated heterocycles. The Morgan fingerprint density at radius 2 is 1.85 bits per heavy atom. The van der Waals surface area contributed by atoms with Gasteiger partial charge in [0, 0.05) is 0 Å². The summed E-state index contributed by atoms with van der Waals surface area (Å²) in [6.45, 7) is 6.52. The molecule has 0 aliphatic carbocycles. The molecule has 0 heterocycles. The Labute approximate surface area is 75.2 Å². The van der Waals surface area contributed by atoms with Crippen molar-refractivity contribution in [2.24, 2.45) is 0 Å². The molecular weight excluding hydrogens is 181 g/mol. The maximum atomic E-state index is 11.6. The summed E-state index contributed by atoms with van der Waals surface area (Å²) >= 11 is 0. The monoisotopic (exact) mass is 192 g/mol. The maximum Gasteiger partial charge on any atom is 0.572 e. The third-order valence-corrected chi connectivity index (χ3v) is 0.988. The summed E-state index contributed by atoms with van der Waals surface area (Å²) in [4.78, 5) is 0. The van der Waals surface area contributed by atoms with Crippen LogP contribution in [0.2, 0.25) is 0 Å². The van der Waals surface area contributed by atoms with Gasteiger partial charge >= 0.3 is 6.36 Å². The molecule has 0 aromatic rings. The molecule has 0 atom stereocenters. The molecule has 0 aromatic heterocycles. The van der Waals surface area contributed by atoms with Gasteiger partial charge in [-0.3, -0.25) is 0 Å². The lowest BCUT2D eigenvalue weighted by molar-refractivity contribution is -0.305. The fraction of sp³-hybridized carbons (Fsp3) is 0.333. The van der Waals surface area contributed by atoms with Crippen LogP contribution >= 0.6 is 0 Å². The fourth-order valence-electron chi connectivity index (χ4n) is 0.564. The van der Waals surface area contributed by atoms with Gasteiger partial charge in [-0.25, -0.2) is 0 Å². The predicted octanol–water partition coefficient (Wildman–Crippen LogP) is 3.56. The van der Waals surface area contributed by atoms with Gasteiger partial charge in [-0.05, 0) is 19.9 Å². The zero-order valence-corrected chi connectivity index (χ0v) is 7.48. The summed E-state index contributed by atoms with van der Waals surface area (Å²) in [7, 11) is 0. The van der Waals surface area contributed by atoms with Crippen molar-refractivity contribution in [3.8, 4) is 0 Å². The van der Waals surface area contributed by atoms with Gasteiger partial charge in [-0.1, -0.05) is 24.3 Å². The van der Waals surface area contributed by atoms with Crippen LogP contribution < -0.4 is 0 Å². The number of allylic oxidation sites excluding steroid dienone is 5. The Balaban J connectivity index is 4.11. The molecule has 13 heavy (non-hydrogen) atoms. The van der Waals surface area contributed by atoms with E-state index in [1.807, 2.05) is 0 Å². The van der Waals surface area contributed by atoms with E-state index in [1.54, 1.807) is 13.0 Å². The van der Waals surface area contributed by atoms with Crippen molar-refractivity contribution in [2.45, 2.75) is 20.2 Å². The van der Waals surface area contributed by atoms with E-state index < -0.39 is 6.36 Å². The second-order valence-electron chi connectivity index (χ2n) is 2.53. The highest BCUT2D eigenvalue weighted by Gasteiger charge is 2.30. The zero-order chi connectivity index (χ0) is 10.5. The van der Waals surface area contributed by atoms with Crippen molar-refractivity contribution in [1.82, 2.24) is 0 Å². The molecule has 0 radical (unpaired) electrons. The molecule has 0 fully saturated rings. The number of halogens is 3. The lowest BCUT2D eigenvalue weighted by atomic mass is 10.3. The standard InChI is InChI=1S/C9H11F3O/c1-7(2)5-4-6-8(3)13-9(10,11)12/h4-6H,1H2,2-3H3/b5-4-,8-6+. The zero-order valence-electron chi connectivity index (χ0n) is 7.48. The largest absolute Gasteiger partial charge is 0.572 e. The van der Waals surface area contributed by atoms with E-state index in [9.17, 15) is 13.2 Å². The Hall–Kier alpha value is -1.19. The summed E-state index contributed by atoms with van der Waals surface area (Å²) in [5.74, 6) is -0.204. The highest BCUT2D eigenvalue weighted by Crippen LogP contribution is 2.20. The molecule has 0 amide bonds. The van der Waals surface area contributed by atoms with E-state index in [0.717, 1.165) is 5.57 Å². The van der Waals surface area contributed by atoms with E-state index in [0.29, 0.717) is 0 Å². The summed E-state index contributed by atoms with van der Waals surface area (Å²) in [6.07, 6.45) is -0.355. The minimum atomic E-state index is -4.61. The lowest BCUT2D eigenvalue weighted by Gasteiger charge is -2.07. The second-order valence-corrected chi connectivity index (χ2v) is 2.53. The van der Waals surface area contributed by atoms with Gasteiger partial charge in [-0.2, -0.15) is 0 Å². The van der Waals surface area contributed by atoms with E-state index in [1.165, 1.54) is 19.1 Å². The highest BCUT2D eigenvalue weighted by atomic mass is 19.4. The van der Waals surface area contributed by atoms with Crippen LogP contribution in [-0.2, 0) is 4.74 Å². The third-order valence-electron chi connectivity index (χ3n) is 0.988. The number of alkyl halides is 3. The minimum Gasteiger partial charge on any atom is -0.411 e. The number of hydrogen-bond donors (Lipinski definition) is 0. The Bertz CT molecular complexity index is 236. The van der Waals surface area contributed by atoms with Crippen LogP contribution in [0.25, 0.3) is 0 Å². The number of ether oxygens (including phenoxy) is 1. The molecule has 0 rings (SSSR count). The van der Waals surface area contributed by atoms with Crippen LogP contribution in [0.15, 0.2) is 36.1 Å². The van der Waals surface area contributed by atoms with Gasteiger partial charge < -0.3 is 4.74 Å². The first kappa shape index (κ1) is 11.8. The first-order valence-corrected chi connectivity index (χ1v) is 3.57. The van der Waals surface area contributed by atoms with Crippen molar-refractivity contribution in [2.75, 3.05) is 0 Å². The smallest absolute Gasteiger partial charge is 0.411 e. The summed E-state index contributed by atoms with van der Waals surface area (Å²) in [5, 5.41) is 0. The summed E-state index contributed by atoms with van der Waals surface area (Å²) < 4.78 is 38.4. The molecule has 0 saturated carbocycles. The van der Waals surface area contributed by atoms with E-state index >= 15 is 0 Å². The molecule has 4 heteroatoms. The Morgan fingerprint density at radius 3 is 2.23 bits per heavy atom. The van der Waals surface area contributed by atoms with Crippen LogP contribution in [0, 0.1) is 0 Å². The van der Waals surface area contributed by atoms with Crippen molar-refractivity contribution in [3.63, 3.8) is 0 Å². The molecule has 0 spiro atoms. The van der Waals surface area contributed by atoms with Gasteiger partial charge in [-0.15, -0.1) is 13.2 Å². The topological polar surface area (TPSA) is 9.23 Å². The Morgan fingerprint density at radius 1 is 1.31 bits per heavy atom. The van der Waals surface area contributed by atoms with Gasteiger partial charge in [0.15, 0.2) is 0 Å². The first-order valence-electron chi connectivity index (χ1n) is 3.57. The van der Waals surface area contributed by atoms with Gasteiger partial charge in [0.2, 0.25) is 0 Å². The molecule has 74 valence electrons. The Kier molecular flexibility index (Phi) is 4.31. The molecule has 0 unspecified atom stereocenters. The van der Waals surface area contributed by atoms with Crippen molar-refractivity contribution in [3.05, 3.63) is 36.1 Å². The van der Waals surface area contributed by atoms with E-state index in [-0.39, 0.29) is 5.76 Å². The van der Waals surface area contributed by atoms with Crippen LogP contribution in [-0.4, -0.2) is 6.36 Å². The van der Waals surface area contributed by atoms with Crippen molar-refractivity contribution >= 4 is 0 Å². The van der Waals surface area contributed by atoms with Crippen LogP contribution in [0.1, 0.15) is 13.8 Å². The molecule has 0 aliphatic heterocycles. The number of rotatable bonds is 3. The predicted molar refractivity (Wildman–Crippen MR) is 44.9 cm³/mol. The molecule has 0 aliphatic rings. The molecule has 0 N–H and O–H groups in total. The molecule has 1 nitrogen and oxygen atoms in total. The average Bonchev–Trinajstić information content (AvgIpc) is 1.81. The number of hydrogen-bond acceptors (Lipinski definition) is 1. The molecular formula is C9H11F3O. The van der Waals surface area contributed by atoms with Gasteiger partial charge in [0.05, 0.1) is 0 Å². The first-order chi connectivity index (χ1) is 5.81. The van der Waals surface area contributed by atoms with Gasteiger partial charge in [0.25, 0.3) is 0 Å². The SMILES string of the molecule is C=C(C)/C=C\C=C(/C)OC(F)(F)F. The normalized spacial score (nSPS) is 13.5. The maximum absolute atomic E-state index is 11.6. The summed E-state index contributed by atoms with van der Waals surface area (Å²) in [5.41, 5.74) is 0.760. The minimum absolute atomic E-state index is 0.204. The van der Waals surface area contributed by atoms with Crippen LogP contribution in [0.5, 0.6) is 0 Å². The van der Waals surface area contributed by atoms with Crippen molar-refractivity contribution < 1.29 is 17.9 Å². The van der Waals surface area contributed by atoms with Crippen LogP contribution in [0.3, 0.4) is 0 Å². The lowest BCUT2D eigenvalue weighted by Crippen LogP contribution is -2.11. The van der Waals surface area contributed by atoms with E-state index in [2.05, 4.69) is 11.3 Å². The van der Waals surface area contributed by atoms with Crippen molar-refractivity contribution in [1.29, 1.82) is 0 Å². The molecule has 0 bridgehead atoms. The quantitative estimate of drug-likeness (QED) is 0.490. The van der Waals surface area contributed by atoms with Crippen LogP contribution in [0.4, 0.5) is 13.2 Å². The summed E-state index contributed by atoms with van der Waals surface area (Å²) in [6, 6.07) is 0. The fourth-order valence-corrected chi connectivity index (χ4v) is 0.564. The highest BCUT2D eigenvalue weighted by molar-refractivity contribution is 5.17.